The average Bonchev–Trinajstić information content (AvgIpc) is 2.60. The molecule has 0 atom stereocenters. The maximum atomic E-state index is 11.9. The SMILES string of the molecule is N#Cc1ccccc1COc1cccc(C(=O)/C=C(/O)C(=O)O)c1. The second kappa shape index (κ2) is 7.61. The topological polar surface area (TPSA) is 108 Å². The molecule has 2 aromatic carbocycles. The number of carbonyl (C=O) groups is 2. The Hall–Kier alpha value is -3.59. The molecule has 6 nitrogen and oxygen atoms in total. The molecule has 0 bridgehead atoms. The highest BCUT2D eigenvalue weighted by Gasteiger charge is 2.10. The number of ether oxygens (including phenoxy) is 1. The molecule has 6 heteroatoms. The van der Waals surface area contributed by atoms with Gasteiger partial charge in [-0.3, -0.25) is 4.79 Å². The van der Waals surface area contributed by atoms with Crippen LogP contribution in [0.3, 0.4) is 0 Å². The van der Waals surface area contributed by atoms with E-state index >= 15 is 0 Å². The number of hydrogen-bond acceptors (Lipinski definition) is 5. The number of carbonyl (C=O) groups excluding carboxylic acids is 1. The molecule has 2 N–H and O–H groups in total. The first-order valence-corrected chi connectivity index (χ1v) is 6.90. The Kier molecular flexibility index (Phi) is 5.32. The van der Waals surface area contributed by atoms with E-state index in [0.717, 1.165) is 0 Å². The molecule has 0 radical (unpaired) electrons. The number of aliphatic hydroxyl groups is 1. The summed E-state index contributed by atoms with van der Waals surface area (Å²) >= 11 is 0. The fraction of sp³-hybridized carbons (Fsp3) is 0.0556. The largest absolute Gasteiger partial charge is 0.502 e. The lowest BCUT2D eigenvalue weighted by molar-refractivity contribution is -0.135. The summed E-state index contributed by atoms with van der Waals surface area (Å²) in [7, 11) is 0. The quantitative estimate of drug-likeness (QED) is 0.481. The number of rotatable bonds is 6. The number of aliphatic hydroxyl groups excluding tert-OH is 1. The zero-order valence-electron chi connectivity index (χ0n) is 12.5. The standard InChI is InChI=1S/C18H13NO5/c19-10-13-4-1-2-5-14(13)11-24-15-7-3-6-12(8-15)16(20)9-17(21)18(22)23/h1-9,21H,11H2,(H,22,23)/b17-9+. The maximum absolute atomic E-state index is 11.9. The summed E-state index contributed by atoms with van der Waals surface area (Å²) in [6.45, 7) is 0.150. The van der Waals surface area contributed by atoms with Crippen LogP contribution in [0.1, 0.15) is 21.5 Å². The van der Waals surface area contributed by atoms with Crippen LogP contribution in [0, 0.1) is 11.3 Å². The van der Waals surface area contributed by atoms with E-state index in [9.17, 15) is 9.59 Å². The van der Waals surface area contributed by atoms with Gasteiger partial charge in [0.1, 0.15) is 12.4 Å². The summed E-state index contributed by atoms with van der Waals surface area (Å²) in [5, 5.41) is 26.7. The molecule has 0 fully saturated rings. The first kappa shape index (κ1) is 16.8. The Morgan fingerprint density at radius 3 is 2.58 bits per heavy atom. The molecule has 0 aliphatic rings. The van der Waals surface area contributed by atoms with E-state index in [-0.39, 0.29) is 12.2 Å². The smallest absolute Gasteiger partial charge is 0.371 e. The number of carboxylic acids is 1. The molecule has 0 aliphatic heterocycles. The molecule has 2 aromatic rings. The Morgan fingerprint density at radius 1 is 1.12 bits per heavy atom. The van der Waals surface area contributed by atoms with Crippen LogP contribution in [0.5, 0.6) is 5.75 Å². The normalized spacial score (nSPS) is 10.7. The molecule has 0 saturated heterocycles. The van der Waals surface area contributed by atoms with E-state index < -0.39 is 17.5 Å². The number of aliphatic carboxylic acids is 1. The first-order valence-electron chi connectivity index (χ1n) is 6.90. The number of nitrogens with zero attached hydrogens (tertiary/aromatic N) is 1. The van der Waals surface area contributed by atoms with Crippen LogP contribution in [0.15, 0.2) is 60.4 Å². The van der Waals surface area contributed by atoms with E-state index in [1.165, 1.54) is 12.1 Å². The van der Waals surface area contributed by atoms with Gasteiger partial charge in [0, 0.05) is 17.2 Å². The molecule has 0 heterocycles. The van der Waals surface area contributed by atoms with Crippen LogP contribution in [0.2, 0.25) is 0 Å². The van der Waals surface area contributed by atoms with Gasteiger partial charge in [-0.1, -0.05) is 30.3 Å². The summed E-state index contributed by atoms with van der Waals surface area (Å²) in [4.78, 5) is 22.4. The van der Waals surface area contributed by atoms with Gasteiger partial charge in [0.2, 0.25) is 5.76 Å². The van der Waals surface area contributed by atoms with Crippen molar-refractivity contribution in [3.63, 3.8) is 0 Å². The third kappa shape index (κ3) is 4.21. The Balaban J connectivity index is 2.14. The predicted octanol–water partition coefficient (Wildman–Crippen LogP) is 2.85. The minimum atomic E-state index is -1.58. The van der Waals surface area contributed by atoms with Gasteiger partial charge < -0.3 is 14.9 Å². The van der Waals surface area contributed by atoms with Crippen LogP contribution in [0.4, 0.5) is 0 Å². The van der Waals surface area contributed by atoms with E-state index in [4.69, 9.17) is 20.2 Å². The lowest BCUT2D eigenvalue weighted by atomic mass is 10.1. The van der Waals surface area contributed by atoms with Gasteiger partial charge in [0.05, 0.1) is 11.6 Å². The summed E-state index contributed by atoms with van der Waals surface area (Å²) in [6, 6.07) is 15.2. The molecule has 0 unspecified atom stereocenters. The zero-order valence-corrected chi connectivity index (χ0v) is 12.5. The van der Waals surface area contributed by atoms with Crippen molar-refractivity contribution in [1.82, 2.24) is 0 Å². The van der Waals surface area contributed by atoms with E-state index in [1.54, 1.807) is 36.4 Å². The molecule has 0 spiro atoms. The van der Waals surface area contributed by atoms with Gasteiger partial charge >= 0.3 is 5.97 Å². The number of ketones is 1. The predicted molar refractivity (Wildman–Crippen MR) is 84.6 cm³/mol. The minimum absolute atomic E-state index is 0.150. The van der Waals surface area contributed by atoms with Crippen molar-refractivity contribution in [2.45, 2.75) is 6.61 Å². The van der Waals surface area contributed by atoms with Crippen LogP contribution in [-0.2, 0) is 11.4 Å². The van der Waals surface area contributed by atoms with Crippen molar-refractivity contribution < 1.29 is 24.5 Å². The summed E-state index contributed by atoms with van der Waals surface area (Å²) in [5.41, 5.74) is 1.38. The molecular formula is C18H13NO5. The number of carboxylic acid groups (broad SMARTS) is 1. The summed E-state index contributed by atoms with van der Waals surface area (Å²) in [6.07, 6.45) is 0.631. The lowest BCUT2D eigenvalue weighted by Gasteiger charge is -2.08. The van der Waals surface area contributed by atoms with Crippen molar-refractivity contribution >= 4 is 11.8 Å². The number of nitriles is 1. The fourth-order valence-electron chi connectivity index (χ4n) is 1.92. The molecule has 2 rings (SSSR count). The highest BCUT2D eigenvalue weighted by atomic mass is 16.5. The first-order chi connectivity index (χ1) is 11.5. The third-order valence-electron chi connectivity index (χ3n) is 3.14. The number of allylic oxidation sites excluding steroid dienone is 1. The minimum Gasteiger partial charge on any atom is -0.502 e. The molecule has 0 amide bonds. The Morgan fingerprint density at radius 2 is 1.88 bits per heavy atom. The second-order valence-electron chi connectivity index (χ2n) is 4.78. The third-order valence-corrected chi connectivity index (χ3v) is 3.14. The van der Waals surface area contributed by atoms with E-state index in [0.29, 0.717) is 23.0 Å². The molecule has 0 saturated carbocycles. The van der Waals surface area contributed by atoms with Crippen LogP contribution in [-0.4, -0.2) is 22.0 Å². The van der Waals surface area contributed by atoms with Gasteiger partial charge in [-0.2, -0.15) is 5.26 Å². The van der Waals surface area contributed by atoms with Crippen molar-refractivity contribution in [2.24, 2.45) is 0 Å². The molecule has 0 aliphatic carbocycles. The van der Waals surface area contributed by atoms with Crippen molar-refractivity contribution in [2.75, 3.05) is 0 Å². The molecular weight excluding hydrogens is 310 g/mol. The molecule has 24 heavy (non-hydrogen) atoms. The van der Waals surface area contributed by atoms with Gasteiger partial charge in [-0.05, 0) is 18.2 Å². The Bertz CT molecular complexity index is 848. The lowest BCUT2D eigenvalue weighted by Crippen LogP contribution is -2.04. The van der Waals surface area contributed by atoms with Gasteiger partial charge in [-0.15, -0.1) is 0 Å². The fourth-order valence-corrected chi connectivity index (χ4v) is 1.92. The number of hydrogen-bond donors (Lipinski definition) is 2. The molecule has 0 aromatic heterocycles. The van der Waals surface area contributed by atoms with E-state index in [2.05, 4.69) is 6.07 Å². The highest BCUT2D eigenvalue weighted by Crippen LogP contribution is 2.17. The average molecular weight is 323 g/mol. The number of benzene rings is 2. The Labute approximate surface area is 137 Å². The van der Waals surface area contributed by atoms with E-state index in [1.807, 2.05) is 0 Å². The maximum Gasteiger partial charge on any atom is 0.371 e. The van der Waals surface area contributed by atoms with Crippen molar-refractivity contribution in [1.29, 1.82) is 5.26 Å². The second-order valence-corrected chi connectivity index (χ2v) is 4.78. The summed E-state index contributed by atoms with van der Waals surface area (Å²) in [5.74, 6) is -2.88. The van der Waals surface area contributed by atoms with Crippen LogP contribution >= 0.6 is 0 Å². The van der Waals surface area contributed by atoms with Gasteiger partial charge in [-0.25, -0.2) is 4.79 Å². The zero-order chi connectivity index (χ0) is 17.5. The monoisotopic (exact) mass is 323 g/mol. The molecule has 120 valence electrons. The van der Waals surface area contributed by atoms with Crippen LogP contribution < -0.4 is 4.74 Å². The highest BCUT2D eigenvalue weighted by molar-refractivity contribution is 6.07. The van der Waals surface area contributed by atoms with Gasteiger partial charge in [0.25, 0.3) is 0 Å². The van der Waals surface area contributed by atoms with Crippen LogP contribution in [0.25, 0.3) is 0 Å². The summed E-state index contributed by atoms with van der Waals surface area (Å²) < 4.78 is 5.57. The van der Waals surface area contributed by atoms with Crippen molar-refractivity contribution in [3.05, 3.63) is 77.1 Å². The van der Waals surface area contributed by atoms with Gasteiger partial charge in [0.15, 0.2) is 5.78 Å². The van der Waals surface area contributed by atoms with Crippen molar-refractivity contribution in [3.8, 4) is 11.8 Å².